The van der Waals surface area contributed by atoms with Crippen molar-refractivity contribution < 1.29 is 0 Å². The Kier molecular flexibility index (Phi) is 3.80. The Hall–Kier alpha value is -2.06. The van der Waals surface area contributed by atoms with Gasteiger partial charge in [0.2, 0.25) is 0 Å². The van der Waals surface area contributed by atoms with Crippen LogP contribution in [-0.2, 0) is 12.0 Å². The van der Waals surface area contributed by atoms with E-state index in [0.717, 1.165) is 13.1 Å². The van der Waals surface area contributed by atoms with Gasteiger partial charge in [-0.15, -0.1) is 0 Å². The maximum Gasteiger partial charge on any atom is 0.0454 e. The van der Waals surface area contributed by atoms with Crippen LogP contribution in [0.25, 0.3) is 10.9 Å². The van der Waals surface area contributed by atoms with E-state index in [2.05, 4.69) is 78.7 Å². The molecule has 0 fully saturated rings. The Balaban J connectivity index is 1.62. The molecule has 0 saturated heterocycles. The number of aromatic nitrogens is 1. The van der Waals surface area contributed by atoms with Crippen LogP contribution < -0.4 is 5.32 Å². The summed E-state index contributed by atoms with van der Waals surface area (Å²) in [6.45, 7) is 6.43. The second kappa shape index (κ2) is 5.74. The number of benzene rings is 2. The summed E-state index contributed by atoms with van der Waals surface area (Å²) in [7, 11) is 0. The lowest BCUT2D eigenvalue weighted by molar-refractivity contribution is 0.469. The highest BCUT2D eigenvalue weighted by Gasteiger charge is 2.19. The molecule has 2 N–H and O–H groups in total. The molecule has 0 bridgehead atoms. The Morgan fingerprint density at radius 3 is 2.62 bits per heavy atom. The maximum absolute atomic E-state index is 3.59. The number of aromatic amines is 1. The summed E-state index contributed by atoms with van der Waals surface area (Å²) in [6.07, 6.45) is 1.99. The molecule has 0 unspecified atom stereocenters. The van der Waals surface area contributed by atoms with Crippen LogP contribution in [0.1, 0.15) is 25.0 Å². The van der Waals surface area contributed by atoms with Gasteiger partial charge in [-0.1, -0.05) is 50.2 Å². The topological polar surface area (TPSA) is 27.8 Å². The van der Waals surface area contributed by atoms with Gasteiger partial charge >= 0.3 is 0 Å². The van der Waals surface area contributed by atoms with Crippen LogP contribution in [-0.4, -0.2) is 11.5 Å². The van der Waals surface area contributed by atoms with Gasteiger partial charge in [0.1, 0.15) is 0 Å². The molecule has 0 aliphatic carbocycles. The van der Waals surface area contributed by atoms with E-state index in [1.807, 2.05) is 6.20 Å². The molecule has 1 aromatic heterocycles. The average Bonchev–Trinajstić information content (AvgIpc) is 2.95. The van der Waals surface area contributed by atoms with Crippen LogP contribution in [0.5, 0.6) is 0 Å². The molecule has 0 amide bonds. The number of fused-ring (bicyclic) bond motifs is 1. The van der Waals surface area contributed by atoms with E-state index >= 15 is 0 Å². The van der Waals surface area contributed by atoms with Gasteiger partial charge in [0, 0.05) is 30.2 Å². The smallest absolute Gasteiger partial charge is 0.0454 e. The molecule has 1 heterocycles. The van der Waals surface area contributed by atoms with E-state index in [4.69, 9.17) is 0 Å². The normalized spacial score (nSPS) is 11.9. The lowest BCUT2D eigenvalue weighted by atomic mass is 9.84. The molecule has 21 heavy (non-hydrogen) atoms. The van der Waals surface area contributed by atoms with Gasteiger partial charge in [-0.3, -0.25) is 0 Å². The fourth-order valence-corrected chi connectivity index (χ4v) is 2.72. The van der Waals surface area contributed by atoms with Crippen molar-refractivity contribution in [3.8, 4) is 0 Å². The largest absolute Gasteiger partial charge is 0.361 e. The molecule has 0 aliphatic rings. The third-order valence-corrected chi connectivity index (χ3v) is 4.07. The quantitative estimate of drug-likeness (QED) is 0.718. The number of hydrogen-bond acceptors (Lipinski definition) is 1. The SMILES string of the molecule is CC(C)(CNCc1ccc2[nH]ccc2c1)c1ccccc1. The zero-order valence-corrected chi connectivity index (χ0v) is 12.7. The van der Waals surface area contributed by atoms with Crippen LogP contribution in [0.15, 0.2) is 60.8 Å². The van der Waals surface area contributed by atoms with Crippen molar-refractivity contribution in [2.24, 2.45) is 0 Å². The summed E-state index contributed by atoms with van der Waals surface area (Å²) in [5, 5.41) is 4.86. The van der Waals surface area contributed by atoms with Crippen molar-refractivity contribution in [2.75, 3.05) is 6.54 Å². The monoisotopic (exact) mass is 278 g/mol. The van der Waals surface area contributed by atoms with E-state index in [1.165, 1.54) is 22.0 Å². The van der Waals surface area contributed by atoms with Gasteiger partial charge in [0.15, 0.2) is 0 Å². The van der Waals surface area contributed by atoms with Crippen molar-refractivity contribution in [2.45, 2.75) is 25.8 Å². The van der Waals surface area contributed by atoms with Crippen LogP contribution in [0.4, 0.5) is 0 Å². The fraction of sp³-hybridized carbons (Fsp3) is 0.263. The van der Waals surface area contributed by atoms with Gasteiger partial charge in [0.05, 0.1) is 0 Å². The zero-order chi connectivity index (χ0) is 14.7. The fourth-order valence-electron chi connectivity index (χ4n) is 2.72. The minimum absolute atomic E-state index is 0.138. The minimum atomic E-state index is 0.138. The average molecular weight is 278 g/mol. The first-order valence-corrected chi connectivity index (χ1v) is 7.47. The summed E-state index contributed by atoms with van der Waals surface area (Å²) in [5.74, 6) is 0. The van der Waals surface area contributed by atoms with Crippen LogP contribution >= 0.6 is 0 Å². The third kappa shape index (κ3) is 3.17. The molecule has 0 aliphatic heterocycles. The summed E-state index contributed by atoms with van der Waals surface area (Å²) in [5.41, 5.74) is 4.03. The van der Waals surface area contributed by atoms with Gasteiger partial charge in [-0.05, 0) is 34.7 Å². The lowest BCUT2D eigenvalue weighted by Crippen LogP contribution is -2.32. The third-order valence-electron chi connectivity index (χ3n) is 4.07. The Morgan fingerprint density at radius 1 is 1.00 bits per heavy atom. The lowest BCUT2D eigenvalue weighted by Gasteiger charge is -2.25. The molecular formula is C19H22N2. The predicted octanol–water partition coefficient (Wildman–Crippen LogP) is 4.24. The van der Waals surface area contributed by atoms with E-state index in [-0.39, 0.29) is 5.41 Å². The molecule has 2 heteroatoms. The molecule has 0 spiro atoms. The van der Waals surface area contributed by atoms with E-state index in [0.29, 0.717) is 0 Å². The van der Waals surface area contributed by atoms with Crippen molar-refractivity contribution in [3.05, 3.63) is 71.9 Å². The van der Waals surface area contributed by atoms with Gasteiger partial charge in [-0.25, -0.2) is 0 Å². The second-order valence-electron chi connectivity index (χ2n) is 6.25. The van der Waals surface area contributed by atoms with E-state index in [9.17, 15) is 0 Å². The highest BCUT2D eigenvalue weighted by atomic mass is 14.9. The van der Waals surface area contributed by atoms with Gasteiger partial charge in [-0.2, -0.15) is 0 Å². The summed E-state index contributed by atoms with van der Waals surface area (Å²) in [6, 6.07) is 19.4. The zero-order valence-electron chi connectivity index (χ0n) is 12.7. The first kappa shape index (κ1) is 13.9. The molecule has 3 aromatic rings. The molecule has 0 atom stereocenters. The second-order valence-corrected chi connectivity index (χ2v) is 6.25. The van der Waals surface area contributed by atoms with Crippen LogP contribution in [0.3, 0.4) is 0 Å². The van der Waals surface area contributed by atoms with Crippen molar-refractivity contribution in [1.82, 2.24) is 10.3 Å². The standard InChI is InChI=1S/C19H22N2/c1-19(2,17-6-4-3-5-7-17)14-20-13-15-8-9-18-16(12-15)10-11-21-18/h3-12,20-21H,13-14H2,1-2H3. The minimum Gasteiger partial charge on any atom is -0.361 e. The van der Waals surface area contributed by atoms with Crippen molar-refractivity contribution in [1.29, 1.82) is 0 Å². The van der Waals surface area contributed by atoms with E-state index < -0.39 is 0 Å². The number of rotatable bonds is 5. The Labute approximate surface area is 126 Å². The highest BCUT2D eigenvalue weighted by Crippen LogP contribution is 2.22. The Morgan fingerprint density at radius 2 is 1.81 bits per heavy atom. The molecule has 2 nitrogen and oxygen atoms in total. The van der Waals surface area contributed by atoms with Crippen LogP contribution in [0.2, 0.25) is 0 Å². The first-order chi connectivity index (χ1) is 10.1. The van der Waals surface area contributed by atoms with Crippen LogP contribution in [0, 0.1) is 0 Å². The maximum atomic E-state index is 3.59. The van der Waals surface area contributed by atoms with Gasteiger partial charge < -0.3 is 10.3 Å². The van der Waals surface area contributed by atoms with Gasteiger partial charge in [0.25, 0.3) is 0 Å². The summed E-state index contributed by atoms with van der Waals surface area (Å²) in [4.78, 5) is 3.23. The van der Waals surface area contributed by atoms with Crippen molar-refractivity contribution in [3.63, 3.8) is 0 Å². The molecule has 0 radical (unpaired) electrons. The predicted molar refractivity (Wildman–Crippen MR) is 89.5 cm³/mol. The summed E-state index contributed by atoms with van der Waals surface area (Å²) >= 11 is 0. The molecule has 2 aromatic carbocycles. The first-order valence-electron chi connectivity index (χ1n) is 7.47. The molecule has 108 valence electrons. The van der Waals surface area contributed by atoms with E-state index in [1.54, 1.807) is 0 Å². The Bertz CT molecular complexity index is 711. The molecule has 3 rings (SSSR count). The highest BCUT2D eigenvalue weighted by molar-refractivity contribution is 5.79. The summed E-state index contributed by atoms with van der Waals surface area (Å²) < 4.78 is 0. The number of hydrogen-bond donors (Lipinski definition) is 2. The van der Waals surface area contributed by atoms with Crippen molar-refractivity contribution >= 4 is 10.9 Å². The molecular weight excluding hydrogens is 256 g/mol. The molecule has 0 saturated carbocycles. The number of H-pyrrole nitrogens is 1. The number of nitrogens with one attached hydrogen (secondary N) is 2.